The highest BCUT2D eigenvalue weighted by atomic mass is 16.4. The monoisotopic (exact) mass is 199 g/mol. The van der Waals surface area contributed by atoms with Crippen molar-refractivity contribution in [2.75, 3.05) is 20.1 Å². The molecule has 0 saturated heterocycles. The van der Waals surface area contributed by atoms with Gasteiger partial charge in [-0.15, -0.1) is 0 Å². The quantitative estimate of drug-likeness (QED) is 0.609. The van der Waals surface area contributed by atoms with E-state index >= 15 is 0 Å². The van der Waals surface area contributed by atoms with Gasteiger partial charge in [0.05, 0.1) is 0 Å². The van der Waals surface area contributed by atoms with Crippen LogP contribution in [0.25, 0.3) is 0 Å². The van der Waals surface area contributed by atoms with Gasteiger partial charge in [0.2, 0.25) is 0 Å². The average molecular weight is 199 g/mol. The lowest BCUT2D eigenvalue weighted by atomic mass is 10.1. The van der Waals surface area contributed by atoms with Gasteiger partial charge in [0.25, 0.3) is 0 Å². The van der Waals surface area contributed by atoms with Crippen molar-refractivity contribution in [3.63, 3.8) is 0 Å². The molecular weight excluding hydrogens is 178 g/mol. The topological polar surface area (TPSA) is 40.5 Å². The highest BCUT2D eigenvalue weighted by molar-refractivity contribution is 5.85. The first-order chi connectivity index (χ1) is 6.57. The number of carboxylic acid groups (broad SMARTS) is 1. The predicted octanol–water partition coefficient (Wildman–Crippen LogP) is 2.14. The molecule has 0 aliphatic heterocycles. The first-order valence-corrected chi connectivity index (χ1v) is 5.17. The van der Waals surface area contributed by atoms with E-state index in [1.54, 1.807) is 0 Å². The van der Waals surface area contributed by atoms with E-state index in [9.17, 15) is 4.79 Å². The number of unbranched alkanes of at least 4 members (excludes halogenated alkanes) is 1. The summed E-state index contributed by atoms with van der Waals surface area (Å²) >= 11 is 0. The fourth-order valence-electron chi connectivity index (χ4n) is 1.21. The standard InChI is InChI=1S/C11H21NO2/c1-4-5-8-12(3)9-6-7-10(2)11(13)14/h2,4-9H2,1,3H3,(H,13,14). The molecule has 0 saturated carbocycles. The molecule has 0 rings (SSSR count). The Bertz CT molecular complexity index is 190. The van der Waals surface area contributed by atoms with Crippen molar-refractivity contribution in [3.8, 4) is 0 Å². The Morgan fingerprint density at radius 3 is 2.43 bits per heavy atom. The molecule has 0 atom stereocenters. The van der Waals surface area contributed by atoms with Crippen LogP contribution in [0, 0.1) is 0 Å². The third-order valence-corrected chi connectivity index (χ3v) is 2.21. The molecule has 0 aromatic rings. The summed E-state index contributed by atoms with van der Waals surface area (Å²) in [4.78, 5) is 12.7. The van der Waals surface area contributed by atoms with Gasteiger partial charge in [0, 0.05) is 5.57 Å². The van der Waals surface area contributed by atoms with Gasteiger partial charge in [-0.05, 0) is 39.4 Å². The number of carboxylic acids is 1. The fourth-order valence-corrected chi connectivity index (χ4v) is 1.21. The minimum absolute atomic E-state index is 0.314. The van der Waals surface area contributed by atoms with E-state index in [-0.39, 0.29) is 0 Å². The van der Waals surface area contributed by atoms with Crippen LogP contribution in [0.5, 0.6) is 0 Å². The van der Waals surface area contributed by atoms with E-state index in [1.807, 2.05) is 0 Å². The van der Waals surface area contributed by atoms with E-state index in [2.05, 4.69) is 25.5 Å². The van der Waals surface area contributed by atoms with E-state index in [4.69, 9.17) is 5.11 Å². The Morgan fingerprint density at radius 2 is 1.93 bits per heavy atom. The van der Waals surface area contributed by atoms with Crippen molar-refractivity contribution in [2.24, 2.45) is 0 Å². The van der Waals surface area contributed by atoms with Crippen LogP contribution >= 0.6 is 0 Å². The van der Waals surface area contributed by atoms with Gasteiger partial charge in [-0.3, -0.25) is 0 Å². The molecule has 0 aliphatic carbocycles. The van der Waals surface area contributed by atoms with Crippen molar-refractivity contribution in [1.29, 1.82) is 0 Å². The predicted molar refractivity (Wildman–Crippen MR) is 58.4 cm³/mol. The van der Waals surface area contributed by atoms with Gasteiger partial charge in [-0.25, -0.2) is 4.79 Å². The summed E-state index contributed by atoms with van der Waals surface area (Å²) in [6, 6.07) is 0. The van der Waals surface area contributed by atoms with Gasteiger partial charge in [0.1, 0.15) is 0 Å². The molecular formula is C11H21NO2. The fraction of sp³-hybridized carbons (Fsp3) is 0.727. The zero-order chi connectivity index (χ0) is 11.0. The maximum atomic E-state index is 10.4. The minimum atomic E-state index is -0.874. The van der Waals surface area contributed by atoms with E-state index in [1.165, 1.54) is 12.8 Å². The highest BCUT2D eigenvalue weighted by Crippen LogP contribution is 2.03. The molecule has 0 radical (unpaired) electrons. The average Bonchev–Trinajstić information content (AvgIpc) is 2.14. The van der Waals surface area contributed by atoms with Crippen molar-refractivity contribution in [3.05, 3.63) is 12.2 Å². The van der Waals surface area contributed by atoms with Gasteiger partial charge in [-0.1, -0.05) is 19.9 Å². The van der Waals surface area contributed by atoms with Crippen molar-refractivity contribution in [2.45, 2.75) is 32.6 Å². The lowest BCUT2D eigenvalue weighted by Crippen LogP contribution is -2.21. The molecule has 3 nitrogen and oxygen atoms in total. The van der Waals surface area contributed by atoms with Crippen molar-refractivity contribution >= 4 is 5.97 Å². The van der Waals surface area contributed by atoms with Crippen LogP contribution in [-0.2, 0) is 4.79 Å². The third kappa shape index (κ3) is 6.66. The summed E-state index contributed by atoms with van der Waals surface area (Å²) in [5.41, 5.74) is 0.314. The summed E-state index contributed by atoms with van der Waals surface area (Å²) in [5, 5.41) is 8.58. The molecule has 0 aromatic heterocycles. The molecule has 0 fully saturated rings. The first-order valence-electron chi connectivity index (χ1n) is 5.17. The zero-order valence-electron chi connectivity index (χ0n) is 9.25. The number of aliphatic carboxylic acids is 1. The second-order valence-electron chi connectivity index (χ2n) is 3.67. The lowest BCUT2D eigenvalue weighted by Gasteiger charge is -2.15. The van der Waals surface area contributed by atoms with Gasteiger partial charge >= 0.3 is 5.97 Å². The summed E-state index contributed by atoms with van der Waals surface area (Å²) in [6.07, 6.45) is 3.87. The summed E-state index contributed by atoms with van der Waals surface area (Å²) in [7, 11) is 2.07. The second kappa shape index (κ2) is 7.56. The maximum Gasteiger partial charge on any atom is 0.330 e. The molecule has 0 spiro atoms. The number of hydrogen-bond acceptors (Lipinski definition) is 2. The molecule has 14 heavy (non-hydrogen) atoms. The van der Waals surface area contributed by atoms with Gasteiger partial charge in [-0.2, -0.15) is 0 Å². The molecule has 82 valence electrons. The van der Waals surface area contributed by atoms with Crippen LogP contribution in [0.15, 0.2) is 12.2 Å². The molecule has 3 heteroatoms. The summed E-state index contributed by atoms with van der Waals surface area (Å²) in [6.45, 7) is 7.71. The van der Waals surface area contributed by atoms with Gasteiger partial charge < -0.3 is 10.0 Å². The Labute approximate surface area is 86.4 Å². The van der Waals surface area contributed by atoms with Crippen LogP contribution in [0.2, 0.25) is 0 Å². The normalized spacial score (nSPS) is 10.5. The van der Waals surface area contributed by atoms with Crippen LogP contribution in [-0.4, -0.2) is 36.1 Å². The number of nitrogens with zero attached hydrogens (tertiary/aromatic N) is 1. The SMILES string of the molecule is C=C(CCCN(C)CCCC)C(=O)O. The number of carbonyl (C=O) groups is 1. The molecule has 0 heterocycles. The zero-order valence-corrected chi connectivity index (χ0v) is 9.25. The van der Waals surface area contributed by atoms with Crippen LogP contribution < -0.4 is 0 Å². The Balaban J connectivity index is 3.44. The molecule has 0 aliphatic rings. The van der Waals surface area contributed by atoms with Crippen molar-refractivity contribution < 1.29 is 9.90 Å². The van der Waals surface area contributed by atoms with Gasteiger partial charge in [0.15, 0.2) is 0 Å². The largest absolute Gasteiger partial charge is 0.478 e. The Morgan fingerprint density at radius 1 is 1.36 bits per heavy atom. The van der Waals surface area contributed by atoms with E-state index in [0.717, 1.165) is 19.5 Å². The first kappa shape index (κ1) is 13.2. The van der Waals surface area contributed by atoms with Crippen LogP contribution in [0.4, 0.5) is 0 Å². The molecule has 0 aromatic carbocycles. The van der Waals surface area contributed by atoms with Crippen LogP contribution in [0.1, 0.15) is 32.6 Å². The van der Waals surface area contributed by atoms with Crippen molar-refractivity contribution in [1.82, 2.24) is 4.90 Å². The third-order valence-electron chi connectivity index (χ3n) is 2.21. The smallest absolute Gasteiger partial charge is 0.330 e. The minimum Gasteiger partial charge on any atom is -0.478 e. The second-order valence-corrected chi connectivity index (χ2v) is 3.67. The van der Waals surface area contributed by atoms with E-state index < -0.39 is 5.97 Å². The number of rotatable bonds is 8. The lowest BCUT2D eigenvalue weighted by molar-refractivity contribution is -0.132. The Kier molecular flexibility index (Phi) is 7.11. The Hall–Kier alpha value is -0.830. The summed E-state index contributed by atoms with van der Waals surface area (Å²) in [5.74, 6) is -0.874. The summed E-state index contributed by atoms with van der Waals surface area (Å²) < 4.78 is 0. The molecule has 0 bridgehead atoms. The molecule has 0 amide bonds. The van der Waals surface area contributed by atoms with Crippen LogP contribution in [0.3, 0.4) is 0 Å². The van der Waals surface area contributed by atoms with E-state index in [0.29, 0.717) is 12.0 Å². The maximum absolute atomic E-state index is 10.4. The number of hydrogen-bond donors (Lipinski definition) is 1. The highest BCUT2D eigenvalue weighted by Gasteiger charge is 2.04. The molecule has 1 N–H and O–H groups in total. The molecule has 0 unspecified atom stereocenters.